The van der Waals surface area contributed by atoms with Gasteiger partial charge in [0.05, 0.1) is 16.3 Å². The van der Waals surface area contributed by atoms with Gasteiger partial charge in [-0.15, -0.1) is 0 Å². The van der Waals surface area contributed by atoms with Crippen LogP contribution in [-0.2, 0) is 14.8 Å². The van der Waals surface area contributed by atoms with Gasteiger partial charge in [0.2, 0.25) is 15.9 Å². The average Bonchev–Trinajstić information content (AvgIpc) is 2.36. The van der Waals surface area contributed by atoms with Gasteiger partial charge in [0.25, 0.3) is 0 Å². The van der Waals surface area contributed by atoms with Crippen LogP contribution in [-0.4, -0.2) is 26.9 Å². The van der Waals surface area contributed by atoms with Gasteiger partial charge in [-0.25, -0.2) is 13.6 Å². The van der Waals surface area contributed by atoms with Gasteiger partial charge >= 0.3 is 0 Å². The summed E-state index contributed by atoms with van der Waals surface area (Å²) in [6.45, 7) is 6.22. The first-order valence-electron chi connectivity index (χ1n) is 6.58. The van der Waals surface area contributed by atoms with Gasteiger partial charge in [-0.1, -0.05) is 13.8 Å². The number of rotatable bonds is 6. The molecule has 1 aromatic rings. The van der Waals surface area contributed by atoms with Gasteiger partial charge in [-0.3, -0.25) is 4.79 Å². The van der Waals surface area contributed by atoms with E-state index in [1.807, 2.05) is 13.8 Å². The lowest BCUT2D eigenvalue weighted by Gasteiger charge is -2.18. The van der Waals surface area contributed by atoms with E-state index in [1.54, 1.807) is 6.92 Å². The molecule has 0 fully saturated rings. The molecule has 1 rings (SSSR count). The molecule has 0 aliphatic rings. The molecule has 0 spiro atoms. The van der Waals surface area contributed by atoms with Crippen molar-refractivity contribution in [3.63, 3.8) is 0 Å². The quantitative estimate of drug-likeness (QED) is 0.568. The lowest BCUT2D eigenvalue weighted by Crippen LogP contribution is -2.39. The molecule has 8 heteroatoms. The Morgan fingerprint density at radius 2 is 1.90 bits per heavy atom. The molecule has 0 aliphatic heterocycles. The van der Waals surface area contributed by atoms with Crippen molar-refractivity contribution in [3.8, 4) is 0 Å². The highest BCUT2D eigenvalue weighted by molar-refractivity contribution is 7.89. The zero-order valence-corrected chi connectivity index (χ0v) is 13.2. The molecule has 1 amide bonds. The molecular weight excluding hydrogens is 292 g/mol. The number of anilines is 2. The third kappa shape index (κ3) is 5.24. The Morgan fingerprint density at radius 1 is 1.29 bits per heavy atom. The third-order valence-electron chi connectivity index (χ3n) is 2.80. The summed E-state index contributed by atoms with van der Waals surface area (Å²) in [4.78, 5) is 11.8. The van der Waals surface area contributed by atoms with Crippen LogP contribution in [0.1, 0.15) is 20.8 Å². The first-order valence-corrected chi connectivity index (χ1v) is 8.12. The van der Waals surface area contributed by atoms with Crippen molar-refractivity contribution >= 4 is 27.3 Å². The van der Waals surface area contributed by atoms with Crippen molar-refractivity contribution in [2.75, 3.05) is 17.6 Å². The molecule has 0 heterocycles. The van der Waals surface area contributed by atoms with Crippen LogP contribution in [0.3, 0.4) is 0 Å². The van der Waals surface area contributed by atoms with Gasteiger partial charge in [0.15, 0.2) is 0 Å². The summed E-state index contributed by atoms with van der Waals surface area (Å²) in [6.07, 6.45) is 0. The summed E-state index contributed by atoms with van der Waals surface area (Å²) in [7, 11) is -3.82. The number of hydrogen-bond donors (Lipinski definition) is 4. The van der Waals surface area contributed by atoms with E-state index in [4.69, 9.17) is 10.9 Å². The zero-order valence-electron chi connectivity index (χ0n) is 12.4. The summed E-state index contributed by atoms with van der Waals surface area (Å²) in [5.41, 5.74) is 6.47. The second-order valence-electron chi connectivity index (χ2n) is 5.30. The molecule has 0 bridgehead atoms. The Hall–Kier alpha value is -1.80. The molecule has 0 saturated heterocycles. The SMILES string of the molecule is CC(C)CNC(=O)C(C)Nc1cc(S(N)(=O)=O)ccc1N. The van der Waals surface area contributed by atoms with Crippen molar-refractivity contribution in [3.05, 3.63) is 18.2 Å². The first kappa shape index (κ1) is 17.3. The van der Waals surface area contributed by atoms with Crippen molar-refractivity contribution in [2.24, 2.45) is 11.1 Å². The monoisotopic (exact) mass is 314 g/mol. The standard InChI is InChI=1S/C13H22N4O3S/c1-8(2)7-16-13(18)9(3)17-12-6-10(21(15,19)20)4-5-11(12)14/h4-6,8-9,17H,7,14H2,1-3H3,(H,16,18)(H2,15,19,20). The van der Waals surface area contributed by atoms with Crippen LogP contribution in [0.25, 0.3) is 0 Å². The smallest absolute Gasteiger partial charge is 0.242 e. The van der Waals surface area contributed by atoms with Crippen molar-refractivity contribution in [2.45, 2.75) is 31.7 Å². The topological polar surface area (TPSA) is 127 Å². The fourth-order valence-electron chi connectivity index (χ4n) is 1.59. The van der Waals surface area contributed by atoms with Crippen LogP contribution >= 0.6 is 0 Å². The minimum Gasteiger partial charge on any atom is -0.397 e. The van der Waals surface area contributed by atoms with E-state index in [2.05, 4.69) is 10.6 Å². The largest absolute Gasteiger partial charge is 0.397 e. The van der Waals surface area contributed by atoms with Crippen molar-refractivity contribution in [1.29, 1.82) is 0 Å². The van der Waals surface area contributed by atoms with Crippen molar-refractivity contribution in [1.82, 2.24) is 5.32 Å². The molecular formula is C13H22N4O3S. The fraction of sp³-hybridized carbons (Fsp3) is 0.462. The van der Waals surface area contributed by atoms with Crippen LogP contribution in [0, 0.1) is 5.92 Å². The number of carbonyl (C=O) groups excluding carboxylic acids is 1. The summed E-state index contributed by atoms with van der Waals surface area (Å²) < 4.78 is 22.6. The molecule has 0 aromatic heterocycles. The van der Waals surface area contributed by atoms with E-state index in [0.29, 0.717) is 23.8 Å². The zero-order chi connectivity index (χ0) is 16.2. The Bertz CT molecular complexity index is 614. The third-order valence-corrected chi connectivity index (χ3v) is 3.71. The first-order chi connectivity index (χ1) is 9.61. The molecule has 118 valence electrons. The molecule has 0 radical (unpaired) electrons. The summed E-state index contributed by atoms with van der Waals surface area (Å²) >= 11 is 0. The molecule has 21 heavy (non-hydrogen) atoms. The van der Waals surface area contributed by atoms with E-state index in [1.165, 1.54) is 18.2 Å². The summed E-state index contributed by atoms with van der Waals surface area (Å²) in [6, 6.07) is 3.51. The Labute approximate surface area is 125 Å². The van der Waals surface area contributed by atoms with E-state index < -0.39 is 16.1 Å². The Morgan fingerprint density at radius 3 is 2.43 bits per heavy atom. The number of amides is 1. The van der Waals surface area contributed by atoms with Crippen LogP contribution in [0.5, 0.6) is 0 Å². The van der Waals surface area contributed by atoms with E-state index >= 15 is 0 Å². The van der Waals surface area contributed by atoms with Crippen molar-refractivity contribution < 1.29 is 13.2 Å². The van der Waals surface area contributed by atoms with Gasteiger partial charge in [0, 0.05) is 6.54 Å². The highest BCUT2D eigenvalue weighted by Gasteiger charge is 2.16. The lowest BCUT2D eigenvalue weighted by molar-refractivity contribution is -0.121. The predicted molar refractivity (Wildman–Crippen MR) is 83.2 cm³/mol. The minimum absolute atomic E-state index is 0.0611. The number of sulfonamides is 1. The minimum atomic E-state index is -3.82. The number of hydrogen-bond acceptors (Lipinski definition) is 5. The highest BCUT2D eigenvalue weighted by atomic mass is 32.2. The number of benzene rings is 1. The normalized spacial score (nSPS) is 13.0. The van der Waals surface area contributed by atoms with Gasteiger partial charge in [0.1, 0.15) is 6.04 Å². The second-order valence-corrected chi connectivity index (χ2v) is 6.86. The maximum atomic E-state index is 11.9. The number of nitrogens with one attached hydrogen (secondary N) is 2. The van der Waals surface area contributed by atoms with Gasteiger partial charge < -0.3 is 16.4 Å². The van der Waals surface area contributed by atoms with Crippen LogP contribution in [0.2, 0.25) is 0 Å². The maximum Gasteiger partial charge on any atom is 0.242 e. The number of primary sulfonamides is 1. The predicted octanol–water partition coefficient (Wildman–Crippen LogP) is 0.489. The van der Waals surface area contributed by atoms with Crippen LogP contribution < -0.4 is 21.5 Å². The summed E-state index contributed by atoms with van der Waals surface area (Å²) in [5, 5.41) is 10.7. The number of nitrogen functional groups attached to an aromatic ring is 1. The van der Waals surface area contributed by atoms with Gasteiger partial charge in [-0.05, 0) is 31.0 Å². The summed E-state index contributed by atoms with van der Waals surface area (Å²) in [5.74, 6) is 0.154. The maximum absolute atomic E-state index is 11.9. The molecule has 6 N–H and O–H groups in total. The fourth-order valence-corrected chi connectivity index (χ4v) is 2.13. The number of nitrogens with two attached hydrogens (primary N) is 2. The molecule has 0 saturated carbocycles. The van der Waals surface area contributed by atoms with E-state index in [-0.39, 0.29) is 10.8 Å². The van der Waals surface area contributed by atoms with E-state index in [0.717, 1.165) is 0 Å². The molecule has 1 unspecified atom stereocenters. The van der Waals surface area contributed by atoms with Gasteiger partial charge in [-0.2, -0.15) is 0 Å². The number of carbonyl (C=O) groups is 1. The molecule has 0 aliphatic carbocycles. The highest BCUT2D eigenvalue weighted by Crippen LogP contribution is 2.22. The average molecular weight is 314 g/mol. The molecule has 1 atom stereocenters. The molecule has 1 aromatic carbocycles. The Balaban J connectivity index is 2.85. The van der Waals surface area contributed by atoms with Crippen LogP contribution in [0.4, 0.5) is 11.4 Å². The Kier molecular flexibility index (Phi) is 5.56. The second kappa shape index (κ2) is 6.77. The van der Waals surface area contributed by atoms with Crippen LogP contribution in [0.15, 0.2) is 23.1 Å². The molecule has 7 nitrogen and oxygen atoms in total. The van der Waals surface area contributed by atoms with E-state index in [9.17, 15) is 13.2 Å². The lowest BCUT2D eigenvalue weighted by atomic mass is 10.2.